The van der Waals surface area contributed by atoms with E-state index in [9.17, 15) is 14.4 Å². The number of hydrogen-bond donors (Lipinski definition) is 0. The van der Waals surface area contributed by atoms with Crippen LogP contribution in [-0.4, -0.2) is 141 Å². The summed E-state index contributed by atoms with van der Waals surface area (Å²) < 4.78 is 128. The van der Waals surface area contributed by atoms with Gasteiger partial charge in [0.15, 0.2) is 0 Å². The molecule has 8 aliphatic carbocycles. The molecule has 0 saturated heterocycles. The summed E-state index contributed by atoms with van der Waals surface area (Å²) in [6, 6.07) is 24.0. The molecule has 0 unspecified atom stereocenters. The summed E-state index contributed by atoms with van der Waals surface area (Å²) in [4.78, 5) is 34.9. The van der Waals surface area contributed by atoms with Crippen molar-refractivity contribution in [2.45, 2.75) is 398 Å². The van der Waals surface area contributed by atoms with Gasteiger partial charge in [0.1, 0.15) is 46.0 Å². The standard InChI is InChI=1S/C29H42O9Si.C29H48O6Si.C26H42O6Si.C23H33Cl3O3Si/c1-21(30)36-39(37-22(2)31,38-23(3)32)18-10-17-33-27-15-16-28-24(19-27)20-34-29(35-28,25-11-6-4-7-12-25)26-13-8-5-9-14-26;1-4-32-36(33-5-2,34-6-3)21-13-20-30-27-18-19-28-24(22-27)23-31-29(35-28,25-14-9-7-10-15-25)26-16-11-8-12-17-26;1-27-33(28-2,29-3)18-10-17-30-24-15-16-25-21(19-24)20-31-26(32-25,22-11-6-4-7-12-22)23-13-8-5-9-14-23;24-30(25,26)15-7-14-27-21-12-13-22-18(16-21)17-28-23(29-22,19-8-3-1-4-9-19)20-10-5-2-6-11-20/h15-16,19,25-26H,4-14,17-18,20H2,1-3H3;18-19,22,25-26H,4-17,20-21,23H2,1-3H3;15-16,19,22-23H,4-14,17-18,20H2,1-3H3;12-13,16,19-20H,1-11,14-15,17H2. The summed E-state index contributed by atoms with van der Waals surface area (Å²) in [5.41, 5.74) is 4.21. The molecule has 4 aliphatic heterocycles. The zero-order valence-corrected chi connectivity index (χ0v) is 91.0. The van der Waals surface area contributed by atoms with E-state index in [1.807, 2.05) is 57.2 Å². The maximum Gasteiger partial charge on any atom is 0.705 e. The molecule has 0 amide bonds. The Morgan fingerprint density at radius 2 is 0.500 bits per heavy atom. The van der Waals surface area contributed by atoms with Gasteiger partial charge in [-0.1, -0.05) is 154 Å². The number of hydrogen-bond acceptors (Lipinski definition) is 24. The van der Waals surface area contributed by atoms with E-state index in [1.165, 1.54) is 252 Å². The molecular formula is C107H165Cl3O24Si4. The molecule has 0 N–H and O–H groups in total. The maximum atomic E-state index is 11.6. The molecule has 4 aromatic rings. The van der Waals surface area contributed by atoms with Gasteiger partial charge in [-0.2, -0.15) is 0 Å². The van der Waals surface area contributed by atoms with Gasteiger partial charge in [0.05, 0.1) is 58.9 Å². The van der Waals surface area contributed by atoms with E-state index in [2.05, 4.69) is 36.4 Å². The van der Waals surface area contributed by atoms with E-state index in [-0.39, 0.29) is 12.7 Å². The van der Waals surface area contributed by atoms with Gasteiger partial charge in [-0.25, -0.2) is 0 Å². The number of fused-ring (bicyclic) bond motifs is 4. The van der Waals surface area contributed by atoms with Crippen molar-refractivity contribution in [1.29, 1.82) is 0 Å². The van der Waals surface area contributed by atoms with Crippen molar-refractivity contribution in [2.75, 3.05) is 67.6 Å². The third-order valence-corrected chi connectivity index (χ3v) is 42.3. The van der Waals surface area contributed by atoms with Gasteiger partial charge < -0.3 is 96.7 Å². The van der Waals surface area contributed by atoms with Crippen LogP contribution in [0.15, 0.2) is 72.8 Å². The first-order chi connectivity index (χ1) is 67.0. The van der Waals surface area contributed by atoms with Gasteiger partial charge in [0.25, 0.3) is 17.9 Å². The third kappa shape index (κ3) is 30.2. The molecule has 24 nitrogen and oxygen atoms in total. The van der Waals surface area contributed by atoms with Crippen LogP contribution in [0.25, 0.3) is 0 Å². The van der Waals surface area contributed by atoms with Crippen molar-refractivity contribution in [3.8, 4) is 46.0 Å². The highest BCUT2D eigenvalue weighted by atomic mass is 35.8. The topological polar surface area (TPSA) is 245 Å². The smallest absolute Gasteiger partial charge is 0.494 e. The molecule has 0 bridgehead atoms. The summed E-state index contributed by atoms with van der Waals surface area (Å²) >= 11 is 17.8. The summed E-state index contributed by atoms with van der Waals surface area (Å²) in [6.07, 6.45) is 53.2. The molecular weight excluding hydrogens is 1890 g/mol. The van der Waals surface area contributed by atoms with Crippen molar-refractivity contribution in [1.82, 2.24) is 0 Å². The van der Waals surface area contributed by atoms with E-state index in [0.717, 1.165) is 120 Å². The lowest BCUT2D eigenvalue weighted by Gasteiger charge is -2.50. The fourth-order valence-electron chi connectivity index (χ4n) is 24.3. The summed E-state index contributed by atoms with van der Waals surface area (Å²) in [7, 11) is -4.11. The van der Waals surface area contributed by atoms with Gasteiger partial charge in [0.2, 0.25) is 23.1 Å². The quantitative estimate of drug-likeness (QED) is 0.0228. The summed E-state index contributed by atoms with van der Waals surface area (Å²) in [5, 5.41) is 0. The molecule has 138 heavy (non-hydrogen) atoms. The minimum atomic E-state index is -3.86. The fourth-order valence-corrected chi connectivity index (χ4v) is 32.7. The van der Waals surface area contributed by atoms with Crippen molar-refractivity contribution >= 4 is 83.6 Å². The van der Waals surface area contributed by atoms with Crippen LogP contribution in [0.5, 0.6) is 46.0 Å². The van der Waals surface area contributed by atoms with Gasteiger partial charge in [-0.05, 0) is 228 Å². The van der Waals surface area contributed by atoms with Crippen LogP contribution in [-0.2, 0) is 99.6 Å². The van der Waals surface area contributed by atoms with Gasteiger partial charge in [-0.3, -0.25) is 14.4 Å². The highest BCUT2D eigenvalue weighted by Crippen LogP contribution is 2.56. The van der Waals surface area contributed by atoms with Gasteiger partial charge in [-0.15, -0.1) is 33.2 Å². The SMILES string of the molecule is CC(=O)O[Si](CCCOc1ccc2c(c1)COC(C1CCCCC1)(C1CCCCC1)O2)(OC(C)=O)OC(C)=O.CCO[Si](CCCOc1ccc2c(c1)COC(C1CCCCC1)(C1CCCCC1)O2)(OCC)OCC.CO[Si](CCCOc1ccc2c(c1)COC(C1CCCCC1)(C1CCCCC1)O2)(OC)OC.Cl[Si](Cl)(Cl)CCCOc1ccc2c(c1)COC(C1CCCCC1)(C1CCCCC1)O2. The lowest BCUT2D eigenvalue weighted by molar-refractivity contribution is -0.278. The largest absolute Gasteiger partial charge is 0.705 e. The molecule has 774 valence electrons. The lowest BCUT2D eigenvalue weighted by atomic mass is 9.72. The molecule has 12 aliphatic rings. The summed E-state index contributed by atoms with van der Waals surface area (Å²) in [5.74, 6) is 6.98. The van der Waals surface area contributed by atoms with E-state index in [0.29, 0.717) is 132 Å². The minimum absolute atomic E-state index is 0.0637. The highest BCUT2D eigenvalue weighted by molar-refractivity contribution is 7.64. The van der Waals surface area contributed by atoms with Crippen LogP contribution in [0.1, 0.15) is 346 Å². The second-order valence-corrected chi connectivity index (χ2v) is 58.0. The van der Waals surface area contributed by atoms with Crippen LogP contribution >= 0.6 is 33.2 Å². The average molecular weight is 2050 g/mol. The average Bonchev–Trinajstić information content (AvgIpc) is 0.765. The molecule has 31 heteroatoms. The molecule has 16 rings (SSSR count). The summed E-state index contributed by atoms with van der Waals surface area (Å²) in [6.45, 7) is 15.6. The first-order valence-electron chi connectivity index (χ1n) is 53.5. The van der Waals surface area contributed by atoms with Crippen molar-refractivity contribution in [2.24, 2.45) is 47.3 Å². The van der Waals surface area contributed by atoms with Gasteiger partial charge in [0, 0.05) is 144 Å². The molecule has 0 aromatic heterocycles. The Morgan fingerprint density at radius 1 is 0.297 bits per heavy atom. The molecule has 0 atom stereocenters. The normalized spacial score (nSPS) is 21.3. The Balaban J connectivity index is 0.000000156. The lowest BCUT2D eigenvalue weighted by Crippen LogP contribution is -2.55. The maximum absolute atomic E-state index is 11.6. The molecule has 8 saturated carbocycles. The first-order valence-corrected chi connectivity index (χ1v) is 64.6. The number of ether oxygens (including phenoxy) is 12. The second kappa shape index (κ2) is 54.5. The molecule has 4 heterocycles. The van der Waals surface area contributed by atoms with Crippen molar-refractivity contribution < 1.29 is 111 Å². The van der Waals surface area contributed by atoms with Crippen LogP contribution in [0.4, 0.5) is 0 Å². The van der Waals surface area contributed by atoms with E-state index in [1.54, 1.807) is 21.3 Å². The van der Waals surface area contributed by atoms with Crippen LogP contribution in [0.3, 0.4) is 0 Å². The Bertz CT molecular complexity index is 4180. The third-order valence-electron chi connectivity index (χ3n) is 30.9. The number of carbonyl (C=O) groups is 3. The van der Waals surface area contributed by atoms with E-state index < -0.39 is 73.5 Å². The van der Waals surface area contributed by atoms with Crippen LogP contribution in [0.2, 0.25) is 24.2 Å². The molecule has 0 radical (unpaired) electrons. The van der Waals surface area contributed by atoms with E-state index in [4.69, 9.17) is 130 Å². The first kappa shape index (κ1) is 110. The molecule has 0 spiro atoms. The Morgan fingerprint density at radius 3 is 0.696 bits per heavy atom. The van der Waals surface area contributed by atoms with Crippen LogP contribution in [0, 0.1) is 47.3 Å². The molecule has 4 aromatic carbocycles. The van der Waals surface area contributed by atoms with Gasteiger partial charge >= 0.3 is 32.4 Å². The molecule has 8 fully saturated rings. The van der Waals surface area contributed by atoms with Crippen LogP contribution < -0.4 is 37.9 Å². The monoisotopic (exact) mass is 2050 g/mol. The van der Waals surface area contributed by atoms with E-state index >= 15 is 0 Å². The van der Waals surface area contributed by atoms with Crippen molar-refractivity contribution in [3.63, 3.8) is 0 Å². The highest BCUT2D eigenvalue weighted by Gasteiger charge is 2.58. The fraction of sp³-hybridized carbons (Fsp3) is 0.748. The predicted octanol–water partition coefficient (Wildman–Crippen LogP) is 27.1. The van der Waals surface area contributed by atoms with Crippen molar-refractivity contribution in [3.05, 3.63) is 95.1 Å². The predicted molar refractivity (Wildman–Crippen MR) is 542 cm³/mol. The number of benzene rings is 4. The minimum Gasteiger partial charge on any atom is -0.494 e. The Hall–Kier alpha value is -4.97. The Kier molecular flexibility index (Phi) is 43.5. The second-order valence-electron chi connectivity index (χ2n) is 40.4. The Labute approximate surface area is 842 Å². The zero-order valence-electron chi connectivity index (χ0n) is 84.7. The zero-order chi connectivity index (χ0) is 97.3. The number of rotatable bonds is 40. The number of carbonyl (C=O) groups excluding carboxylic acids is 3. The number of halogens is 3.